The maximum Gasteiger partial charge on any atom is 0.358 e. The number of halogens is 1. The van der Waals surface area contributed by atoms with Crippen molar-refractivity contribution in [1.29, 1.82) is 0 Å². The van der Waals surface area contributed by atoms with E-state index in [-0.39, 0.29) is 5.30 Å². The Bertz CT molecular complexity index is 514. The zero-order valence-electron chi connectivity index (χ0n) is 7.25. The third kappa shape index (κ3) is 2.25. The van der Waals surface area contributed by atoms with Crippen LogP contribution in [-0.2, 0) is 4.57 Å². The fraction of sp³-hybridized carbons (Fsp3) is 0. The first-order chi connectivity index (χ1) is 7.00. The van der Waals surface area contributed by atoms with E-state index in [0.717, 1.165) is 4.88 Å². The second kappa shape index (κ2) is 4.13. The molecule has 2 rings (SSSR count). The van der Waals surface area contributed by atoms with Crippen LogP contribution in [0, 0.1) is 0 Å². The monoisotopic (exact) mass is 324 g/mol. The SMILES string of the molecule is O=P(O)(O)c1c(Br)csc1-c1cccs1. The molecule has 0 saturated heterocycles. The van der Waals surface area contributed by atoms with E-state index < -0.39 is 7.60 Å². The van der Waals surface area contributed by atoms with E-state index in [1.54, 1.807) is 5.38 Å². The molecule has 0 aromatic carbocycles. The van der Waals surface area contributed by atoms with Crippen molar-refractivity contribution in [2.45, 2.75) is 0 Å². The molecular weight excluding hydrogens is 319 g/mol. The number of hydrogen-bond acceptors (Lipinski definition) is 3. The van der Waals surface area contributed by atoms with Crippen LogP contribution in [0.2, 0.25) is 0 Å². The van der Waals surface area contributed by atoms with Crippen molar-refractivity contribution >= 4 is 51.5 Å². The Morgan fingerprint density at radius 2 is 2.07 bits per heavy atom. The molecule has 3 nitrogen and oxygen atoms in total. The average Bonchev–Trinajstić information content (AvgIpc) is 2.68. The molecule has 2 heterocycles. The summed E-state index contributed by atoms with van der Waals surface area (Å²) in [6.45, 7) is 0. The van der Waals surface area contributed by atoms with Crippen molar-refractivity contribution in [2.75, 3.05) is 0 Å². The molecule has 0 atom stereocenters. The molecule has 7 heteroatoms. The van der Waals surface area contributed by atoms with Gasteiger partial charge in [0.15, 0.2) is 0 Å². The fourth-order valence-corrected chi connectivity index (χ4v) is 5.60. The summed E-state index contributed by atoms with van der Waals surface area (Å²) in [7, 11) is -4.22. The van der Waals surface area contributed by atoms with Crippen LogP contribution in [0.25, 0.3) is 9.75 Å². The number of rotatable bonds is 2. The van der Waals surface area contributed by atoms with Gasteiger partial charge in [-0.25, -0.2) is 0 Å². The molecule has 0 fully saturated rings. The van der Waals surface area contributed by atoms with Gasteiger partial charge in [0.25, 0.3) is 0 Å². The summed E-state index contributed by atoms with van der Waals surface area (Å²) < 4.78 is 11.8. The lowest BCUT2D eigenvalue weighted by Gasteiger charge is -2.04. The predicted octanol–water partition coefficient (Wildman–Crippen LogP) is 3.04. The van der Waals surface area contributed by atoms with Gasteiger partial charge in [-0.2, -0.15) is 0 Å². The molecule has 0 bridgehead atoms. The summed E-state index contributed by atoms with van der Waals surface area (Å²) >= 11 is 5.96. The smallest absolute Gasteiger partial charge is 0.321 e. The Morgan fingerprint density at radius 3 is 2.60 bits per heavy atom. The molecule has 15 heavy (non-hydrogen) atoms. The van der Waals surface area contributed by atoms with Crippen LogP contribution in [0.3, 0.4) is 0 Å². The van der Waals surface area contributed by atoms with Gasteiger partial charge in [-0.1, -0.05) is 6.07 Å². The quantitative estimate of drug-likeness (QED) is 0.835. The first-order valence-electron chi connectivity index (χ1n) is 3.87. The molecule has 0 spiro atoms. The summed E-state index contributed by atoms with van der Waals surface area (Å²) in [5.41, 5.74) is 0. The predicted molar refractivity (Wildman–Crippen MR) is 67.0 cm³/mol. The fourth-order valence-electron chi connectivity index (χ4n) is 1.18. The van der Waals surface area contributed by atoms with Crippen molar-refractivity contribution in [1.82, 2.24) is 0 Å². The molecular formula is C8H6BrO3PS2. The molecule has 80 valence electrons. The van der Waals surface area contributed by atoms with Crippen molar-refractivity contribution in [3.05, 3.63) is 27.4 Å². The summed E-state index contributed by atoms with van der Waals surface area (Å²) in [5, 5.41) is 3.67. The molecule has 0 aliphatic rings. The van der Waals surface area contributed by atoms with Gasteiger partial charge in [0.1, 0.15) is 0 Å². The topological polar surface area (TPSA) is 57.5 Å². The highest BCUT2D eigenvalue weighted by atomic mass is 79.9. The Balaban J connectivity index is 2.65. The van der Waals surface area contributed by atoms with Gasteiger partial charge in [-0.15, -0.1) is 22.7 Å². The highest BCUT2D eigenvalue weighted by molar-refractivity contribution is 9.10. The first kappa shape index (κ1) is 11.5. The lowest BCUT2D eigenvalue weighted by molar-refractivity contribution is 0.387. The molecule has 2 aromatic heterocycles. The summed E-state index contributed by atoms with van der Waals surface area (Å²) in [6, 6.07) is 3.71. The van der Waals surface area contributed by atoms with E-state index in [0.29, 0.717) is 9.35 Å². The molecule has 0 aliphatic carbocycles. The van der Waals surface area contributed by atoms with Crippen molar-refractivity contribution in [2.24, 2.45) is 0 Å². The molecule has 0 unspecified atom stereocenters. The molecule has 0 aliphatic heterocycles. The van der Waals surface area contributed by atoms with Crippen molar-refractivity contribution in [3.8, 4) is 9.75 Å². The van der Waals surface area contributed by atoms with Crippen LogP contribution >= 0.6 is 46.2 Å². The summed E-state index contributed by atoms with van der Waals surface area (Å²) in [4.78, 5) is 20.0. The van der Waals surface area contributed by atoms with Gasteiger partial charge in [-0.3, -0.25) is 4.57 Å². The van der Waals surface area contributed by atoms with Gasteiger partial charge in [0, 0.05) is 14.7 Å². The van der Waals surface area contributed by atoms with E-state index in [9.17, 15) is 14.4 Å². The molecule has 2 aromatic rings. The van der Waals surface area contributed by atoms with Crippen LogP contribution in [0.15, 0.2) is 27.4 Å². The Hall–Kier alpha value is 0.0300. The van der Waals surface area contributed by atoms with Gasteiger partial charge < -0.3 is 9.79 Å². The third-order valence-electron chi connectivity index (χ3n) is 1.76. The van der Waals surface area contributed by atoms with Crippen LogP contribution in [0.4, 0.5) is 0 Å². The Labute approximate surface area is 103 Å². The lowest BCUT2D eigenvalue weighted by atomic mass is 10.4. The van der Waals surface area contributed by atoms with Crippen LogP contribution in [0.1, 0.15) is 0 Å². The minimum atomic E-state index is -4.22. The highest BCUT2D eigenvalue weighted by Gasteiger charge is 2.27. The first-order valence-corrected chi connectivity index (χ1v) is 8.03. The zero-order valence-corrected chi connectivity index (χ0v) is 11.4. The maximum atomic E-state index is 11.3. The largest absolute Gasteiger partial charge is 0.358 e. The Kier molecular flexibility index (Phi) is 3.17. The van der Waals surface area contributed by atoms with E-state index in [2.05, 4.69) is 15.9 Å². The van der Waals surface area contributed by atoms with Gasteiger partial charge >= 0.3 is 7.60 Å². The second-order valence-corrected chi connectivity index (χ2v) is 7.00. The van der Waals surface area contributed by atoms with E-state index in [1.165, 1.54) is 22.7 Å². The van der Waals surface area contributed by atoms with E-state index in [4.69, 9.17) is 0 Å². The minimum absolute atomic E-state index is 0.0925. The molecule has 2 N–H and O–H groups in total. The molecule has 0 saturated carbocycles. The van der Waals surface area contributed by atoms with Crippen molar-refractivity contribution < 1.29 is 14.4 Å². The average molecular weight is 325 g/mol. The van der Waals surface area contributed by atoms with E-state index in [1.807, 2.05) is 17.5 Å². The maximum absolute atomic E-state index is 11.3. The van der Waals surface area contributed by atoms with Crippen molar-refractivity contribution in [3.63, 3.8) is 0 Å². The molecule has 0 radical (unpaired) electrons. The lowest BCUT2D eigenvalue weighted by Crippen LogP contribution is -2.04. The van der Waals surface area contributed by atoms with Crippen LogP contribution in [0.5, 0.6) is 0 Å². The highest BCUT2D eigenvalue weighted by Crippen LogP contribution is 2.44. The summed E-state index contributed by atoms with van der Waals surface area (Å²) in [5.74, 6) is 0. The van der Waals surface area contributed by atoms with Gasteiger partial charge in [0.05, 0.1) is 10.2 Å². The normalized spacial score (nSPS) is 11.9. The van der Waals surface area contributed by atoms with Gasteiger partial charge in [0.2, 0.25) is 0 Å². The zero-order chi connectivity index (χ0) is 11.1. The van der Waals surface area contributed by atoms with Crippen LogP contribution < -0.4 is 5.30 Å². The number of hydrogen-bond donors (Lipinski definition) is 2. The van der Waals surface area contributed by atoms with Gasteiger partial charge in [-0.05, 0) is 27.4 Å². The standard InChI is InChI=1S/C8H6BrO3PS2/c9-5-4-15-8(6-2-1-3-14-6)7(5)13(10,11)12/h1-4H,(H2,10,11,12). The third-order valence-corrected chi connectivity index (χ3v) is 6.22. The minimum Gasteiger partial charge on any atom is -0.321 e. The van der Waals surface area contributed by atoms with Crippen LogP contribution in [-0.4, -0.2) is 9.79 Å². The summed E-state index contributed by atoms with van der Waals surface area (Å²) in [6.07, 6.45) is 0. The number of thiophene rings is 2. The van der Waals surface area contributed by atoms with E-state index >= 15 is 0 Å². The molecule has 0 amide bonds. The Morgan fingerprint density at radius 1 is 1.33 bits per heavy atom. The second-order valence-electron chi connectivity index (χ2n) is 2.78.